The van der Waals surface area contributed by atoms with Gasteiger partial charge in [0.2, 0.25) is 0 Å². The van der Waals surface area contributed by atoms with Crippen molar-refractivity contribution < 1.29 is 14.4 Å². The van der Waals surface area contributed by atoms with Gasteiger partial charge < -0.3 is 4.74 Å². The predicted molar refractivity (Wildman–Crippen MR) is 79.6 cm³/mol. The third-order valence-corrected chi connectivity index (χ3v) is 3.62. The SMILES string of the molecule is COC(=O)[C@@H]1C[C@H](c2ccccc2)N(c2ccccc2)O1. The fourth-order valence-electron chi connectivity index (χ4n) is 2.59. The van der Waals surface area contributed by atoms with Gasteiger partial charge in [-0.25, -0.2) is 9.86 Å². The van der Waals surface area contributed by atoms with Crippen molar-refractivity contribution in [2.75, 3.05) is 12.2 Å². The molecular weight excluding hydrogens is 266 g/mol. The summed E-state index contributed by atoms with van der Waals surface area (Å²) in [5.41, 5.74) is 2.05. The summed E-state index contributed by atoms with van der Waals surface area (Å²) in [4.78, 5) is 17.6. The zero-order chi connectivity index (χ0) is 14.7. The van der Waals surface area contributed by atoms with Crippen LogP contribution >= 0.6 is 0 Å². The number of ether oxygens (including phenoxy) is 1. The average Bonchev–Trinajstić information content (AvgIpc) is 3.01. The standard InChI is InChI=1S/C17H17NO3/c1-20-17(19)16-12-15(13-8-4-2-5-9-13)18(21-16)14-10-6-3-7-11-14/h2-11,15-16H,12H2,1H3/t15-,16+/m1/s1. The van der Waals surface area contributed by atoms with E-state index >= 15 is 0 Å². The molecule has 2 aromatic rings. The van der Waals surface area contributed by atoms with Gasteiger partial charge in [0.25, 0.3) is 0 Å². The lowest BCUT2D eigenvalue weighted by atomic mass is 10.0. The van der Waals surface area contributed by atoms with Gasteiger partial charge in [0, 0.05) is 6.42 Å². The maximum Gasteiger partial charge on any atom is 0.337 e. The summed E-state index contributed by atoms with van der Waals surface area (Å²) in [6, 6.07) is 19.8. The molecule has 0 bridgehead atoms. The summed E-state index contributed by atoms with van der Waals surface area (Å²) in [5.74, 6) is -0.339. The Morgan fingerprint density at radius 3 is 2.33 bits per heavy atom. The highest BCUT2D eigenvalue weighted by atomic mass is 16.7. The largest absolute Gasteiger partial charge is 0.467 e. The lowest BCUT2D eigenvalue weighted by molar-refractivity contribution is -0.151. The summed E-state index contributed by atoms with van der Waals surface area (Å²) in [7, 11) is 1.38. The zero-order valence-corrected chi connectivity index (χ0v) is 11.8. The Bertz CT molecular complexity index is 552. The number of hydrogen-bond acceptors (Lipinski definition) is 4. The number of nitrogens with zero attached hydrogens (tertiary/aromatic N) is 1. The fourth-order valence-corrected chi connectivity index (χ4v) is 2.59. The first-order valence-electron chi connectivity index (χ1n) is 6.93. The molecule has 0 aromatic heterocycles. The lowest BCUT2D eigenvalue weighted by Gasteiger charge is -2.24. The Kier molecular flexibility index (Phi) is 3.88. The maximum atomic E-state index is 11.8. The van der Waals surface area contributed by atoms with Crippen LogP contribution in [0.4, 0.5) is 5.69 Å². The van der Waals surface area contributed by atoms with E-state index in [0.29, 0.717) is 6.42 Å². The number of carbonyl (C=O) groups is 1. The predicted octanol–water partition coefficient (Wildman–Crippen LogP) is 3.11. The molecule has 108 valence electrons. The van der Waals surface area contributed by atoms with Gasteiger partial charge in [-0.1, -0.05) is 48.5 Å². The Hall–Kier alpha value is -2.33. The van der Waals surface area contributed by atoms with Crippen molar-refractivity contribution in [3.8, 4) is 0 Å². The molecule has 21 heavy (non-hydrogen) atoms. The van der Waals surface area contributed by atoms with Crippen LogP contribution in [0.25, 0.3) is 0 Å². The average molecular weight is 283 g/mol. The van der Waals surface area contributed by atoms with Crippen LogP contribution in [0.1, 0.15) is 18.0 Å². The number of hydroxylamine groups is 1. The second kappa shape index (κ2) is 5.97. The van der Waals surface area contributed by atoms with E-state index in [1.165, 1.54) is 7.11 Å². The van der Waals surface area contributed by atoms with E-state index in [-0.39, 0.29) is 12.0 Å². The lowest BCUT2D eigenvalue weighted by Crippen LogP contribution is -2.25. The van der Waals surface area contributed by atoms with E-state index in [1.807, 2.05) is 60.7 Å². The normalized spacial score (nSPS) is 21.3. The minimum atomic E-state index is -0.569. The molecule has 2 atom stereocenters. The molecule has 0 radical (unpaired) electrons. The van der Waals surface area contributed by atoms with Gasteiger partial charge in [-0.15, -0.1) is 0 Å². The second-order valence-corrected chi connectivity index (χ2v) is 4.94. The first kappa shape index (κ1) is 13.6. The molecular formula is C17H17NO3. The van der Waals surface area contributed by atoms with E-state index in [0.717, 1.165) is 11.3 Å². The van der Waals surface area contributed by atoms with Crippen molar-refractivity contribution in [2.45, 2.75) is 18.6 Å². The molecule has 0 spiro atoms. The van der Waals surface area contributed by atoms with Crippen LogP contribution in [0, 0.1) is 0 Å². The molecule has 0 unspecified atom stereocenters. The quantitative estimate of drug-likeness (QED) is 0.811. The number of benzene rings is 2. The molecule has 0 saturated carbocycles. The van der Waals surface area contributed by atoms with Gasteiger partial charge in [0.15, 0.2) is 6.10 Å². The summed E-state index contributed by atoms with van der Waals surface area (Å²) in [6.07, 6.45) is 0.00592. The van der Waals surface area contributed by atoms with Crippen LogP contribution in [-0.4, -0.2) is 19.2 Å². The number of para-hydroxylation sites is 1. The number of hydrogen-bond donors (Lipinski definition) is 0. The third kappa shape index (κ3) is 2.76. The van der Waals surface area contributed by atoms with Crippen molar-refractivity contribution in [2.24, 2.45) is 0 Å². The monoisotopic (exact) mass is 283 g/mol. The van der Waals surface area contributed by atoms with Gasteiger partial charge in [-0.05, 0) is 17.7 Å². The molecule has 4 heteroatoms. The molecule has 2 aromatic carbocycles. The molecule has 1 saturated heterocycles. The molecule has 4 nitrogen and oxygen atoms in total. The van der Waals surface area contributed by atoms with Crippen LogP contribution in [0.5, 0.6) is 0 Å². The van der Waals surface area contributed by atoms with Gasteiger partial charge in [0.05, 0.1) is 18.8 Å². The van der Waals surface area contributed by atoms with Crippen LogP contribution in [0.15, 0.2) is 60.7 Å². The minimum absolute atomic E-state index is 0.00213. The number of carbonyl (C=O) groups excluding carboxylic acids is 1. The van der Waals surface area contributed by atoms with E-state index in [4.69, 9.17) is 9.57 Å². The first-order valence-corrected chi connectivity index (χ1v) is 6.93. The highest BCUT2D eigenvalue weighted by Gasteiger charge is 2.39. The van der Waals surface area contributed by atoms with E-state index < -0.39 is 6.10 Å². The summed E-state index contributed by atoms with van der Waals surface area (Å²) in [5, 5.41) is 1.80. The van der Waals surface area contributed by atoms with Crippen LogP contribution < -0.4 is 5.06 Å². The minimum Gasteiger partial charge on any atom is -0.467 e. The maximum absolute atomic E-state index is 11.8. The Balaban J connectivity index is 1.93. The van der Waals surface area contributed by atoms with E-state index in [1.54, 1.807) is 5.06 Å². The summed E-state index contributed by atoms with van der Waals surface area (Å²) in [6.45, 7) is 0. The Morgan fingerprint density at radius 1 is 1.10 bits per heavy atom. The molecule has 1 fully saturated rings. The number of methoxy groups -OCH3 is 1. The molecule has 0 N–H and O–H groups in total. The Morgan fingerprint density at radius 2 is 1.71 bits per heavy atom. The molecule has 3 rings (SSSR count). The first-order chi connectivity index (χ1) is 10.3. The van der Waals surface area contributed by atoms with E-state index in [9.17, 15) is 4.79 Å². The van der Waals surface area contributed by atoms with E-state index in [2.05, 4.69) is 0 Å². The molecule has 1 aliphatic rings. The van der Waals surface area contributed by atoms with Crippen molar-refractivity contribution in [3.63, 3.8) is 0 Å². The topological polar surface area (TPSA) is 38.8 Å². The van der Waals surface area contributed by atoms with Crippen molar-refractivity contribution >= 4 is 11.7 Å². The number of anilines is 1. The van der Waals surface area contributed by atoms with Crippen molar-refractivity contribution in [1.29, 1.82) is 0 Å². The molecule has 1 heterocycles. The van der Waals surface area contributed by atoms with Crippen molar-refractivity contribution in [3.05, 3.63) is 66.2 Å². The third-order valence-electron chi connectivity index (χ3n) is 3.62. The van der Waals surface area contributed by atoms with Crippen LogP contribution in [-0.2, 0) is 14.4 Å². The highest BCUT2D eigenvalue weighted by Crippen LogP contribution is 2.38. The summed E-state index contributed by atoms with van der Waals surface area (Å²) >= 11 is 0. The highest BCUT2D eigenvalue weighted by molar-refractivity contribution is 5.75. The van der Waals surface area contributed by atoms with Crippen LogP contribution in [0.3, 0.4) is 0 Å². The van der Waals surface area contributed by atoms with Crippen molar-refractivity contribution in [1.82, 2.24) is 0 Å². The summed E-state index contributed by atoms with van der Waals surface area (Å²) < 4.78 is 4.81. The zero-order valence-electron chi connectivity index (χ0n) is 11.8. The Labute approximate surface area is 123 Å². The van der Waals surface area contributed by atoms with Gasteiger partial charge >= 0.3 is 5.97 Å². The second-order valence-electron chi connectivity index (χ2n) is 4.94. The van der Waals surface area contributed by atoms with Gasteiger partial charge in [0.1, 0.15) is 0 Å². The van der Waals surface area contributed by atoms with Gasteiger partial charge in [-0.2, -0.15) is 0 Å². The van der Waals surface area contributed by atoms with Crippen LogP contribution in [0.2, 0.25) is 0 Å². The smallest absolute Gasteiger partial charge is 0.337 e. The molecule has 1 aliphatic heterocycles. The van der Waals surface area contributed by atoms with Gasteiger partial charge in [-0.3, -0.25) is 4.84 Å². The molecule has 0 amide bonds. The fraction of sp³-hybridized carbons (Fsp3) is 0.235. The number of esters is 1. The number of rotatable bonds is 3. The molecule has 0 aliphatic carbocycles.